The number of amides is 1. The van der Waals surface area contributed by atoms with Gasteiger partial charge in [-0.15, -0.1) is 0 Å². The number of H-pyrrole nitrogens is 1. The smallest absolute Gasteiger partial charge is 0.291 e. The molecule has 28 heavy (non-hydrogen) atoms. The van der Waals surface area contributed by atoms with Gasteiger partial charge in [-0.05, 0) is 59.1 Å². The fraction of sp³-hybridized carbons (Fsp3) is 0.250. The van der Waals surface area contributed by atoms with Crippen molar-refractivity contribution in [2.45, 2.75) is 31.7 Å². The minimum atomic E-state index is -0.286. The molecule has 3 heterocycles. The van der Waals surface area contributed by atoms with Crippen LogP contribution in [0.2, 0.25) is 0 Å². The molecule has 0 aliphatic heterocycles. The molecule has 2 N–H and O–H groups in total. The molecule has 7 nitrogen and oxygen atoms in total. The molecule has 1 aromatic carbocycles. The Kier molecular flexibility index (Phi) is 4.27. The van der Waals surface area contributed by atoms with Crippen molar-refractivity contribution in [1.82, 2.24) is 19.7 Å². The summed E-state index contributed by atoms with van der Waals surface area (Å²) < 4.78 is 8.30. The van der Waals surface area contributed by atoms with Crippen LogP contribution in [-0.4, -0.2) is 25.7 Å². The highest BCUT2D eigenvalue weighted by molar-refractivity contribution is 9.10. The lowest BCUT2D eigenvalue weighted by molar-refractivity contribution is 0.0994. The van der Waals surface area contributed by atoms with Gasteiger partial charge in [-0.2, -0.15) is 5.10 Å². The zero-order valence-corrected chi connectivity index (χ0v) is 16.6. The van der Waals surface area contributed by atoms with Crippen molar-refractivity contribution in [3.05, 3.63) is 64.5 Å². The summed E-state index contributed by atoms with van der Waals surface area (Å²) in [7, 11) is 0. The number of anilines is 1. The van der Waals surface area contributed by atoms with E-state index in [9.17, 15) is 4.79 Å². The summed E-state index contributed by atoms with van der Waals surface area (Å²) in [5, 5.41) is 7.07. The molecule has 8 heteroatoms. The lowest BCUT2D eigenvalue weighted by Crippen LogP contribution is -2.10. The summed E-state index contributed by atoms with van der Waals surface area (Å²) in [4.78, 5) is 20.6. The fourth-order valence-electron chi connectivity index (χ4n) is 3.34. The number of carbonyl (C=O) groups is 1. The van der Waals surface area contributed by atoms with Gasteiger partial charge in [0.2, 0.25) is 0 Å². The molecule has 3 aromatic heterocycles. The number of benzene rings is 1. The molecule has 0 unspecified atom stereocenters. The van der Waals surface area contributed by atoms with Crippen molar-refractivity contribution in [3.8, 4) is 0 Å². The second-order valence-electron chi connectivity index (χ2n) is 7.06. The summed E-state index contributed by atoms with van der Waals surface area (Å²) >= 11 is 3.36. The second kappa shape index (κ2) is 6.94. The van der Waals surface area contributed by atoms with E-state index in [1.165, 1.54) is 19.3 Å². The first-order chi connectivity index (χ1) is 13.6. The van der Waals surface area contributed by atoms with Crippen LogP contribution in [0, 0.1) is 0 Å². The van der Waals surface area contributed by atoms with Crippen molar-refractivity contribution < 1.29 is 9.21 Å². The molecule has 5 rings (SSSR count). The second-order valence-corrected chi connectivity index (χ2v) is 7.97. The zero-order chi connectivity index (χ0) is 19.1. The third kappa shape index (κ3) is 3.35. The van der Waals surface area contributed by atoms with Crippen molar-refractivity contribution in [1.29, 1.82) is 0 Å². The molecule has 1 amide bonds. The van der Waals surface area contributed by atoms with Crippen molar-refractivity contribution in [2.24, 2.45) is 0 Å². The van der Waals surface area contributed by atoms with E-state index in [2.05, 4.69) is 36.3 Å². The number of hydrogen-bond donors (Lipinski definition) is 2. The average molecular weight is 440 g/mol. The zero-order valence-electron chi connectivity index (χ0n) is 15.0. The molecule has 0 spiro atoms. The number of nitrogens with one attached hydrogen (secondary N) is 2. The summed E-state index contributed by atoms with van der Waals surface area (Å²) in [5.74, 6) is 2.23. The van der Waals surface area contributed by atoms with Crippen molar-refractivity contribution in [3.63, 3.8) is 0 Å². The predicted octanol–water partition coefficient (Wildman–Crippen LogP) is 4.68. The van der Waals surface area contributed by atoms with Gasteiger partial charge in [0.1, 0.15) is 11.6 Å². The van der Waals surface area contributed by atoms with Gasteiger partial charge >= 0.3 is 0 Å². The first-order valence-corrected chi connectivity index (χ1v) is 10.0. The number of aromatic amines is 1. The Hall–Kier alpha value is -2.87. The maximum atomic E-state index is 12.5. The van der Waals surface area contributed by atoms with Crippen LogP contribution in [0.4, 0.5) is 5.69 Å². The van der Waals surface area contributed by atoms with Crippen LogP contribution in [0.3, 0.4) is 0 Å². The lowest BCUT2D eigenvalue weighted by atomic mass is 9.85. The van der Waals surface area contributed by atoms with E-state index >= 15 is 0 Å². The van der Waals surface area contributed by atoms with Crippen LogP contribution in [0.5, 0.6) is 0 Å². The number of fused-ring (bicyclic) bond motifs is 1. The number of halogens is 1. The number of carbonyl (C=O) groups excluding carboxylic acids is 1. The van der Waals surface area contributed by atoms with Crippen LogP contribution >= 0.6 is 15.9 Å². The molecule has 4 aromatic rings. The number of rotatable bonds is 5. The summed E-state index contributed by atoms with van der Waals surface area (Å²) in [6, 6.07) is 9.15. The largest absolute Gasteiger partial charge is 0.454 e. The van der Waals surface area contributed by atoms with E-state index in [-0.39, 0.29) is 11.7 Å². The molecule has 1 aliphatic rings. The number of hydrogen-bond acceptors (Lipinski definition) is 4. The van der Waals surface area contributed by atoms with Crippen molar-refractivity contribution in [2.75, 3.05) is 5.32 Å². The van der Waals surface area contributed by atoms with Gasteiger partial charge in [0.05, 0.1) is 28.2 Å². The van der Waals surface area contributed by atoms with Gasteiger partial charge in [0.25, 0.3) is 5.91 Å². The molecule has 0 radical (unpaired) electrons. The highest BCUT2D eigenvalue weighted by Gasteiger charge is 2.22. The molecule has 142 valence electrons. The monoisotopic (exact) mass is 439 g/mol. The Bertz CT molecular complexity index is 1150. The van der Waals surface area contributed by atoms with Gasteiger partial charge in [0.15, 0.2) is 5.76 Å². The van der Waals surface area contributed by atoms with E-state index < -0.39 is 0 Å². The predicted molar refractivity (Wildman–Crippen MR) is 108 cm³/mol. The summed E-state index contributed by atoms with van der Waals surface area (Å²) in [6.45, 7) is 0.461. The van der Waals surface area contributed by atoms with E-state index in [4.69, 9.17) is 4.42 Å². The molecule has 1 aliphatic carbocycles. The minimum absolute atomic E-state index is 0.265. The van der Waals surface area contributed by atoms with Crippen molar-refractivity contribution >= 4 is 38.6 Å². The van der Waals surface area contributed by atoms with Crippen LogP contribution in [0.25, 0.3) is 11.0 Å². The van der Waals surface area contributed by atoms with Gasteiger partial charge in [-0.25, -0.2) is 4.98 Å². The highest BCUT2D eigenvalue weighted by atomic mass is 79.9. The molecule has 1 saturated carbocycles. The number of nitrogens with zero attached hydrogens (tertiary/aromatic N) is 3. The topological polar surface area (TPSA) is 88.7 Å². The maximum absolute atomic E-state index is 12.5. The molecular formula is C20H18BrN5O2. The Morgan fingerprint density at radius 3 is 2.96 bits per heavy atom. The molecule has 1 fully saturated rings. The normalized spacial score (nSPS) is 14.3. The minimum Gasteiger partial charge on any atom is -0.454 e. The SMILES string of the molecule is O=C(Nc1ccc2nc(C3CCC3)[nH]c2c1)c1ccc(Cn2cc(Br)cn2)o1. The molecule has 0 bridgehead atoms. The van der Waals surface area contributed by atoms with E-state index in [0.717, 1.165) is 21.3 Å². The third-order valence-corrected chi connectivity index (χ3v) is 5.46. The van der Waals surface area contributed by atoms with Crippen LogP contribution < -0.4 is 5.32 Å². The molecule has 0 saturated heterocycles. The quantitative estimate of drug-likeness (QED) is 0.472. The molecule has 0 atom stereocenters. The van der Waals surface area contributed by atoms with E-state index in [1.54, 1.807) is 23.0 Å². The Morgan fingerprint density at radius 2 is 2.21 bits per heavy atom. The van der Waals surface area contributed by atoms with Crippen LogP contribution in [-0.2, 0) is 6.54 Å². The average Bonchev–Trinajstić information content (AvgIpc) is 3.33. The first kappa shape index (κ1) is 17.2. The summed E-state index contributed by atoms with van der Waals surface area (Å²) in [6.07, 6.45) is 7.21. The van der Waals surface area contributed by atoms with Gasteiger partial charge < -0.3 is 14.7 Å². The van der Waals surface area contributed by atoms with Gasteiger partial charge in [-0.3, -0.25) is 9.48 Å². The first-order valence-electron chi connectivity index (χ1n) is 9.22. The standard InChI is InChI=1S/C20H18BrN5O2/c21-13-9-22-26(10-13)11-15-5-7-18(28-15)20(27)23-14-4-6-16-17(8-14)25-19(24-16)12-2-1-3-12/h4-10,12H,1-3,11H2,(H,23,27)(H,24,25). The van der Waals surface area contributed by atoms with Gasteiger partial charge in [0, 0.05) is 17.8 Å². The Labute approximate surface area is 169 Å². The number of imidazole rings is 1. The fourth-order valence-corrected chi connectivity index (χ4v) is 3.67. The maximum Gasteiger partial charge on any atom is 0.291 e. The summed E-state index contributed by atoms with van der Waals surface area (Å²) in [5.41, 5.74) is 2.56. The molecular weight excluding hydrogens is 422 g/mol. The number of furan rings is 1. The van der Waals surface area contributed by atoms with E-state index in [0.29, 0.717) is 23.9 Å². The van der Waals surface area contributed by atoms with Crippen LogP contribution in [0.1, 0.15) is 47.3 Å². The van der Waals surface area contributed by atoms with E-state index in [1.807, 2.05) is 24.4 Å². The van der Waals surface area contributed by atoms with Gasteiger partial charge in [-0.1, -0.05) is 6.42 Å². The Morgan fingerprint density at radius 1 is 1.32 bits per heavy atom. The Balaban J connectivity index is 1.29. The highest BCUT2D eigenvalue weighted by Crippen LogP contribution is 2.35. The number of aromatic nitrogens is 4. The lowest BCUT2D eigenvalue weighted by Gasteiger charge is -2.22. The third-order valence-electron chi connectivity index (χ3n) is 5.05. The van der Waals surface area contributed by atoms with Crippen LogP contribution in [0.15, 0.2) is 51.6 Å².